The second-order valence-corrected chi connectivity index (χ2v) is 3.95. The number of nitrogens with one attached hydrogen (secondary N) is 1. The molecule has 94 valence electrons. The predicted molar refractivity (Wildman–Crippen MR) is 71.6 cm³/mol. The highest BCUT2D eigenvalue weighted by molar-refractivity contribution is 7.80. The largest absolute Gasteiger partial charge is 0.489 e. The van der Waals surface area contributed by atoms with E-state index in [1.807, 2.05) is 25.1 Å². The summed E-state index contributed by atoms with van der Waals surface area (Å²) in [5.41, 5.74) is 5.84. The number of amides is 1. The van der Waals surface area contributed by atoms with Gasteiger partial charge in [0.15, 0.2) is 10.9 Å². The zero-order chi connectivity index (χ0) is 13.1. The van der Waals surface area contributed by atoms with Crippen molar-refractivity contribution in [2.45, 2.75) is 6.92 Å². The van der Waals surface area contributed by atoms with Crippen LogP contribution >= 0.6 is 12.2 Å². The van der Waals surface area contributed by atoms with Crippen molar-refractivity contribution in [1.82, 2.24) is 5.32 Å². The molecule has 0 saturated carbocycles. The number of hydrogen-bond acceptors (Lipinski definition) is 4. The van der Waals surface area contributed by atoms with Crippen LogP contribution in [0.2, 0.25) is 0 Å². The van der Waals surface area contributed by atoms with E-state index in [1.165, 1.54) is 0 Å². The van der Waals surface area contributed by atoms with Crippen molar-refractivity contribution < 1.29 is 13.9 Å². The lowest BCUT2D eigenvalue weighted by molar-refractivity contribution is 0.0947. The van der Waals surface area contributed by atoms with Crippen LogP contribution in [0.15, 0.2) is 28.7 Å². The van der Waals surface area contributed by atoms with Crippen LogP contribution in [0, 0.1) is 0 Å². The van der Waals surface area contributed by atoms with E-state index in [4.69, 9.17) is 14.9 Å². The fourth-order valence-corrected chi connectivity index (χ4v) is 1.72. The molecule has 0 aliphatic carbocycles. The Morgan fingerprint density at radius 1 is 1.50 bits per heavy atom. The SMILES string of the molecule is CCOc1c(C(=O)NC(N)=S)oc2ccccc12. The maximum absolute atomic E-state index is 11.9. The van der Waals surface area contributed by atoms with Crippen LogP contribution in [-0.2, 0) is 0 Å². The number of fused-ring (bicyclic) bond motifs is 1. The van der Waals surface area contributed by atoms with Crippen LogP contribution in [0.3, 0.4) is 0 Å². The first-order valence-electron chi connectivity index (χ1n) is 5.38. The number of carbonyl (C=O) groups excluding carboxylic acids is 1. The zero-order valence-electron chi connectivity index (χ0n) is 9.73. The van der Waals surface area contributed by atoms with Crippen LogP contribution in [0.5, 0.6) is 5.75 Å². The molecule has 0 unspecified atom stereocenters. The molecule has 0 saturated heterocycles. The molecule has 0 radical (unpaired) electrons. The van der Waals surface area contributed by atoms with Gasteiger partial charge in [-0.3, -0.25) is 10.1 Å². The Morgan fingerprint density at radius 3 is 2.89 bits per heavy atom. The van der Waals surface area contributed by atoms with Crippen molar-refractivity contribution in [2.75, 3.05) is 6.61 Å². The summed E-state index contributed by atoms with van der Waals surface area (Å²) in [6.45, 7) is 2.26. The first-order valence-corrected chi connectivity index (χ1v) is 5.79. The number of benzene rings is 1. The molecular formula is C12H12N2O3S. The molecule has 1 aromatic carbocycles. The molecule has 0 fully saturated rings. The Hall–Kier alpha value is -2.08. The number of hydrogen-bond donors (Lipinski definition) is 2. The summed E-state index contributed by atoms with van der Waals surface area (Å²) in [6, 6.07) is 7.24. The van der Waals surface area contributed by atoms with Crippen LogP contribution in [-0.4, -0.2) is 17.6 Å². The van der Waals surface area contributed by atoms with Crippen LogP contribution in [0.25, 0.3) is 11.0 Å². The van der Waals surface area contributed by atoms with Crippen LogP contribution in [0.1, 0.15) is 17.5 Å². The molecule has 0 atom stereocenters. The summed E-state index contributed by atoms with van der Waals surface area (Å²) in [7, 11) is 0. The summed E-state index contributed by atoms with van der Waals surface area (Å²) in [6.07, 6.45) is 0. The molecule has 0 spiro atoms. The van der Waals surface area contributed by atoms with Crippen molar-refractivity contribution in [2.24, 2.45) is 5.73 Å². The summed E-state index contributed by atoms with van der Waals surface area (Å²) in [5, 5.41) is 2.95. The quantitative estimate of drug-likeness (QED) is 0.827. The summed E-state index contributed by atoms with van der Waals surface area (Å²) in [5.74, 6) is -0.0325. The molecular weight excluding hydrogens is 252 g/mol. The van der Waals surface area contributed by atoms with Gasteiger partial charge in [-0.05, 0) is 31.3 Å². The second-order valence-electron chi connectivity index (χ2n) is 3.51. The molecule has 0 aliphatic rings. The number of rotatable bonds is 3. The fraction of sp³-hybridized carbons (Fsp3) is 0.167. The van der Waals surface area contributed by atoms with Crippen molar-refractivity contribution in [1.29, 1.82) is 0 Å². The summed E-state index contributed by atoms with van der Waals surface area (Å²) in [4.78, 5) is 11.9. The van der Waals surface area contributed by atoms with E-state index < -0.39 is 5.91 Å². The first kappa shape index (κ1) is 12.4. The van der Waals surface area contributed by atoms with Crippen molar-refractivity contribution in [3.8, 4) is 5.75 Å². The van der Waals surface area contributed by atoms with Crippen molar-refractivity contribution in [3.05, 3.63) is 30.0 Å². The van der Waals surface area contributed by atoms with Crippen LogP contribution < -0.4 is 15.8 Å². The Bertz CT molecular complexity index is 606. The lowest BCUT2D eigenvalue weighted by Crippen LogP contribution is -2.34. The van der Waals surface area contributed by atoms with Gasteiger partial charge in [0.2, 0.25) is 5.76 Å². The van der Waals surface area contributed by atoms with Gasteiger partial charge in [0.25, 0.3) is 5.91 Å². The van der Waals surface area contributed by atoms with Crippen LogP contribution in [0.4, 0.5) is 0 Å². The normalized spacial score (nSPS) is 10.3. The lowest BCUT2D eigenvalue weighted by Gasteiger charge is -2.04. The minimum atomic E-state index is -0.512. The molecule has 1 heterocycles. The fourth-order valence-electron chi connectivity index (χ4n) is 1.63. The Labute approximate surface area is 109 Å². The molecule has 1 amide bonds. The van der Waals surface area contributed by atoms with E-state index in [1.54, 1.807) is 6.07 Å². The maximum Gasteiger partial charge on any atom is 0.297 e. The maximum atomic E-state index is 11.9. The van der Waals surface area contributed by atoms with Crippen molar-refractivity contribution >= 4 is 34.2 Å². The van der Waals surface area contributed by atoms with Gasteiger partial charge < -0.3 is 14.9 Å². The van der Waals surface area contributed by atoms with E-state index in [0.29, 0.717) is 17.9 Å². The Morgan fingerprint density at radius 2 is 2.22 bits per heavy atom. The third-order valence-corrected chi connectivity index (χ3v) is 2.38. The monoisotopic (exact) mass is 264 g/mol. The van der Waals surface area contributed by atoms with E-state index in [-0.39, 0.29) is 10.9 Å². The number of thiocarbonyl (C=S) groups is 1. The Kier molecular flexibility index (Phi) is 3.47. The zero-order valence-corrected chi connectivity index (χ0v) is 10.5. The molecule has 0 bridgehead atoms. The number of para-hydroxylation sites is 1. The minimum Gasteiger partial charge on any atom is -0.489 e. The number of ether oxygens (including phenoxy) is 1. The molecule has 2 rings (SSSR count). The summed E-state index contributed by atoms with van der Waals surface area (Å²) < 4.78 is 10.9. The highest BCUT2D eigenvalue weighted by Crippen LogP contribution is 2.32. The molecule has 2 aromatic rings. The molecule has 3 N–H and O–H groups in total. The lowest BCUT2D eigenvalue weighted by atomic mass is 10.2. The van der Waals surface area contributed by atoms with E-state index >= 15 is 0 Å². The van der Waals surface area contributed by atoms with E-state index in [9.17, 15) is 4.79 Å². The van der Waals surface area contributed by atoms with Gasteiger partial charge in [-0.1, -0.05) is 12.1 Å². The Balaban J connectivity index is 2.51. The van der Waals surface area contributed by atoms with Gasteiger partial charge in [-0.15, -0.1) is 0 Å². The molecule has 5 nitrogen and oxygen atoms in total. The average molecular weight is 264 g/mol. The minimum absolute atomic E-state index is 0.0749. The predicted octanol–water partition coefficient (Wildman–Crippen LogP) is 1.80. The third-order valence-electron chi connectivity index (χ3n) is 2.28. The first-order chi connectivity index (χ1) is 8.63. The van der Waals surface area contributed by atoms with Gasteiger partial charge in [0.1, 0.15) is 5.58 Å². The third kappa shape index (κ3) is 2.28. The van der Waals surface area contributed by atoms with Gasteiger partial charge >= 0.3 is 0 Å². The smallest absolute Gasteiger partial charge is 0.297 e. The van der Waals surface area contributed by atoms with Gasteiger partial charge in [-0.25, -0.2) is 0 Å². The molecule has 1 aromatic heterocycles. The second kappa shape index (κ2) is 5.05. The average Bonchev–Trinajstić information content (AvgIpc) is 2.68. The van der Waals surface area contributed by atoms with Gasteiger partial charge in [-0.2, -0.15) is 0 Å². The van der Waals surface area contributed by atoms with E-state index in [2.05, 4.69) is 17.5 Å². The molecule has 0 aliphatic heterocycles. The van der Waals surface area contributed by atoms with E-state index in [0.717, 1.165) is 5.39 Å². The topological polar surface area (TPSA) is 77.5 Å². The number of nitrogens with two attached hydrogens (primary N) is 1. The number of carbonyl (C=O) groups is 1. The standard InChI is InChI=1S/C12H12N2O3S/c1-2-16-9-7-5-3-4-6-8(7)17-10(9)11(15)14-12(13)18/h3-6H,2H2,1H3,(H3,13,14,15,18). The van der Waals surface area contributed by atoms with Gasteiger partial charge in [0, 0.05) is 0 Å². The highest BCUT2D eigenvalue weighted by Gasteiger charge is 2.21. The summed E-state index contributed by atoms with van der Waals surface area (Å²) >= 11 is 4.62. The van der Waals surface area contributed by atoms with Crippen molar-refractivity contribution in [3.63, 3.8) is 0 Å². The van der Waals surface area contributed by atoms with Gasteiger partial charge in [0.05, 0.1) is 12.0 Å². The highest BCUT2D eigenvalue weighted by atomic mass is 32.1. The number of furan rings is 1. The molecule has 6 heteroatoms. The molecule has 18 heavy (non-hydrogen) atoms.